The van der Waals surface area contributed by atoms with Crippen LogP contribution in [0.1, 0.15) is 16.2 Å². The number of benzene rings is 2. The van der Waals surface area contributed by atoms with Crippen LogP contribution in [0.2, 0.25) is 0 Å². The van der Waals surface area contributed by atoms with E-state index < -0.39 is 11.7 Å². The van der Waals surface area contributed by atoms with E-state index in [1.807, 2.05) is 30.3 Å². The van der Waals surface area contributed by atoms with E-state index in [2.05, 4.69) is 20.6 Å². The maximum absolute atomic E-state index is 13.2. The fraction of sp³-hybridized carbons (Fsp3) is 0.0556. The van der Waals surface area contributed by atoms with Gasteiger partial charge in [-0.1, -0.05) is 24.3 Å². The van der Waals surface area contributed by atoms with Gasteiger partial charge >= 0.3 is 0 Å². The molecule has 0 aliphatic rings. The molecule has 0 fully saturated rings. The Labute approximate surface area is 138 Å². The summed E-state index contributed by atoms with van der Waals surface area (Å²) in [6, 6.07) is 16.7. The number of carbonyl (C=O) groups is 1. The monoisotopic (exact) mass is 322 g/mol. The molecule has 1 aromatic heterocycles. The fourth-order valence-corrected chi connectivity index (χ4v) is 2.15. The summed E-state index contributed by atoms with van der Waals surface area (Å²) in [4.78, 5) is 20.8. The number of halogens is 1. The number of aromatic nitrogens is 2. The van der Waals surface area contributed by atoms with Gasteiger partial charge in [0.15, 0.2) is 0 Å². The van der Waals surface area contributed by atoms with E-state index >= 15 is 0 Å². The molecule has 0 unspecified atom stereocenters. The Morgan fingerprint density at radius 3 is 2.46 bits per heavy atom. The van der Waals surface area contributed by atoms with Gasteiger partial charge in [-0.3, -0.25) is 4.79 Å². The van der Waals surface area contributed by atoms with E-state index in [-0.39, 0.29) is 5.69 Å². The predicted molar refractivity (Wildman–Crippen MR) is 90.8 cm³/mol. The first-order valence-corrected chi connectivity index (χ1v) is 7.35. The van der Waals surface area contributed by atoms with Crippen LogP contribution in [0.5, 0.6) is 0 Å². The maximum Gasteiger partial charge on any atom is 0.274 e. The Balaban J connectivity index is 1.81. The number of anilines is 3. The second kappa shape index (κ2) is 6.87. The van der Waals surface area contributed by atoms with Gasteiger partial charge in [-0.2, -0.15) is 0 Å². The molecule has 2 aromatic carbocycles. The minimum absolute atomic E-state index is 0.199. The van der Waals surface area contributed by atoms with Crippen molar-refractivity contribution in [2.75, 3.05) is 10.6 Å². The lowest BCUT2D eigenvalue weighted by Crippen LogP contribution is -2.15. The van der Waals surface area contributed by atoms with Gasteiger partial charge in [0, 0.05) is 17.1 Å². The molecule has 0 aliphatic carbocycles. The van der Waals surface area contributed by atoms with E-state index in [4.69, 9.17) is 0 Å². The molecule has 3 aromatic rings. The van der Waals surface area contributed by atoms with Crippen molar-refractivity contribution in [1.29, 1.82) is 0 Å². The Bertz CT molecular complexity index is 868. The van der Waals surface area contributed by atoms with Gasteiger partial charge in [0.1, 0.15) is 11.5 Å². The molecule has 24 heavy (non-hydrogen) atoms. The van der Waals surface area contributed by atoms with Crippen molar-refractivity contribution in [3.05, 3.63) is 77.9 Å². The van der Waals surface area contributed by atoms with Gasteiger partial charge in [-0.25, -0.2) is 14.4 Å². The lowest BCUT2D eigenvalue weighted by Gasteiger charge is -2.09. The highest BCUT2D eigenvalue weighted by Gasteiger charge is 2.11. The molecule has 6 heteroatoms. The molecular weight excluding hydrogens is 307 g/mol. The molecule has 5 nitrogen and oxygen atoms in total. The number of aryl methyl sites for hydroxylation is 1. The quantitative estimate of drug-likeness (QED) is 0.764. The minimum Gasteiger partial charge on any atom is -0.324 e. The van der Waals surface area contributed by atoms with Crippen LogP contribution in [0.25, 0.3) is 0 Å². The van der Waals surface area contributed by atoms with Crippen molar-refractivity contribution in [2.45, 2.75) is 6.92 Å². The first kappa shape index (κ1) is 15.6. The molecule has 0 bridgehead atoms. The van der Waals surface area contributed by atoms with Crippen molar-refractivity contribution in [3.63, 3.8) is 0 Å². The summed E-state index contributed by atoms with van der Waals surface area (Å²) in [7, 11) is 0. The summed E-state index contributed by atoms with van der Waals surface area (Å²) >= 11 is 0. The standard InChI is InChI=1S/C18H15FN4O/c1-12-10-16(17(24)21-15-9-5-6-13(19)11-15)23-18(20-12)22-14-7-3-2-4-8-14/h2-11H,1H3,(H,21,24)(H,20,22,23). The number of rotatable bonds is 4. The van der Waals surface area contributed by atoms with E-state index in [1.165, 1.54) is 18.2 Å². The summed E-state index contributed by atoms with van der Waals surface area (Å²) in [5.41, 5.74) is 2.03. The lowest BCUT2D eigenvalue weighted by atomic mass is 10.2. The van der Waals surface area contributed by atoms with Crippen LogP contribution in [0.3, 0.4) is 0 Å². The molecule has 0 spiro atoms. The molecule has 0 atom stereocenters. The largest absolute Gasteiger partial charge is 0.324 e. The Morgan fingerprint density at radius 2 is 1.71 bits per heavy atom. The van der Waals surface area contributed by atoms with Gasteiger partial charge in [-0.05, 0) is 43.3 Å². The summed E-state index contributed by atoms with van der Waals surface area (Å²) in [6.07, 6.45) is 0. The van der Waals surface area contributed by atoms with Gasteiger partial charge in [-0.15, -0.1) is 0 Å². The van der Waals surface area contributed by atoms with Crippen LogP contribution in [-0.4, -0.2) is 15.9 Å². The van der Waals surface area contributed by atoms with Crippen LogP contribution in [0, 0.1) is 12.7 Å². The minimum atomic E-state index is -0.429. The third kappa shape index (κ3) is 3.92. The Hall–Kier alpha value is -3.28. The third-order valence-electron chi connectivity index (χ3n) is 3.20. The summed E-state index contributed by atoms with van der Waals surface area (Å²) in [5, 5.41) is 5.67. The highest BCUT2D eigenvalue weighted by Crippen LogP contribution is 2.15. The molecule has 0 radical (unpaired) electrons. The van der Waals surface area contributed by atoms with Crippen LogP contribution >= 0.6 is 0 Å². The first-order chi connectivity index (χ1) is 11.6. The van der Waals surface area contributed by atoms with Crippen LogP contribution in [0.15, 0.2) is 60.7 Å². The molecule has 120 valence electrons. The number of hydrogen-bond donors (Lipinski definition) is 2. The number of para-hydroxylation sites is 1. The zero-order valence-electron chi connectivity index (χ0n) is 13.0. The van der Waals surface area contributed by atoms with Crippen molar-refractivity contribution in [1.82, 2.24) is 9.97 Å². The van der Waals surface area contributed by atoms with Crippen molar-refractivity contribution >= 4 is 23.2 Å². The molecule has 0 aliphatic heterocycles. The van der Waals surface area contributed by atoms with Crippen molar-refractivity contribution in [3.8, 4) is 0 Å². The average Bonchev–Trinajstić information content (AvgIpc) is 2.55. The number of nitrogens with zero attached hydrogens (tertiary/aromatic N) is 2. The summed E-state index contributed by atoms with van der Waals surface area (Å²) < 4.78 is 13.2. The number of hydrogen-bond acceptors (Lipinski definition) is 4. The van der Waals surface area contributed by atoms with Gasteiger partial charge < -0.3 is 10.6 Å². The number of nitrogens with one attached hydrogen (secondary N) is 2. The second-order valence-electron chi connectivity index (χ2n) is 5.17. The predicted octanol–water partition coefficient (Wildman–Crippen LogP) is 3.92. The first-order valence-electron chi connectivity index (χ1n) is 7.35. The fourth-order valence-electron chi connectivity index (χ4n) is 2.15. The molecule has 1 amide bonds. The topological polar surface area (TPSA) is 66.9 Å². The molecule has 2 N–H and O–H groups in total. The molecule has 0 saturated heterocycles. The van der Waals surface area contributed by atoms with Gasteiger partial charge in [0.05, 0.1) is 0 Å². The van der Waals surface area contributed by atoms with Crippen molar-refractivity contribution in [2.24, 2.45) is 0 Å². The van der Waals surface area contributed by atoms with E-state index in [1.54, 1.807) is 19.1 Å². The van der Waals surface area contributed by atoms with Gasteiger partial charge in [0.2, 0.25) is 5.95 Å². The van der Waals surface area contributed by atoms with Crippen molar-refractivity contribution < 1.29 is 9.18 Å². The average molecular weight is 322 g/mol. The zero-order chi connectivity index (χ0) is 16.9. The highest BCUT2D eigenvalue weighted by molar-refractivity contribution is 6.03. The highest BCUT2D eigenvalue weighted by atomic mass is 19.1. The SMILES string of the molecule is Cc1cc(C(=O)Nc2cccc(F)c2)nc(Nc2ccccc2)n1. The normalized spacial score (nSPS) is 10.2. The van der Waals surface area contributed by atoms with E-state index in [0.29, 0.717) is 17.3 Å². The summed E-state index contributed by atoms with van der Waals surface area (Å²) in [5.74, 6) is -0.522. The molecule has 0 saturated carbocycles. The third-order valence-corrected chi connectivity index (χ3v) is 3.20. The Morgan fingerprint density at radius 1 is 0.958 bits per heavy atom. The van der Waals surface area contributed by atoms with E-state index in [0.717, 1.165) is 5.69 Å². The van der Waals surface area contributed by atoms with Crippen LogP contribution in [-0.2, 0) is 0 Å². The number of amides is 1. The zero-order valence-corrected chi connectivity index (χ0v) is 13.0. The smallest absolute Gasteiger partial charge is 0.274 e. The molecular formula is C18H15FN4O. The maximum atomic E-state index is 13.2. The second-order valence-corrected chi connectivity index (χ2v) is 5.17. The van der Waals surface area contributed by atoms with Crippen LogP contribution in [0.4, 0.5) is 21.7 Å². The van der Waals surface area contributed by atoms with E-state index in [9.17, 15) is 9.18 Å². The molecule has 1 heterocycles. The molecule has 3 rings (SSSR count). The Kier molecular flexibility index (Phi) is 4.47. The van der Waals surface area contributed by atoms with Crippen LogP contribution < -0.4 is 10.6 Å². The number of carbonyl (C=O) groups excluding carboxylic acids is 1. The van der Waals surface area contributed by atoms with Gasteiger partial charge in [0.25, 0.3) is 5.91 Å². The lowest BCUT2D eigenvalue weighted by molar-refractivity contribution is 0.102. The summed E-state index contributed by atoms with van der Waals surface area (Å²) in [6.45, 7) is 1.77.